The lowest BCUT2D eigenvalue weighted by Gasteiger charge is -2.26. The Balaban J connectivity index is 2.08. The van der Waals surface area contributed by atoms with E-state index in [2.05, 4.69) is 10.2 Å². The van der Waals surface area contributed by atoms with Crippen LogP contribution in [0.2, 0.25) is 0 Å². The van der Waals surface area contributed by atoms with Crippen molar-refractivity contribution in [2.24, 2.45) is 0 Å². The predicted octanol–water partition coefficient (Wildman–Crippen LogP) is 0.0891. The molecule has 0 unspecified atom stereocenters. The normalized spacial score (nSPS) is 22.3. The van der Waals surface area contributed by atoms with E-state index in [0.717, 1.165) is 25.4 Å². The van der Waals surface area contributed by atoms with Crippen molar-refractivity contribution in [2.75, 3.05) is 38.5 Å². The van der Waals surface area contributed by atoms with E-state index < -0.39 is 0 Å². The Labute approximate surface area is 62.0 Å². The molecule has 0 amide bonds. The Morgan fingerprint density at radius 3 is 2.56 bits per heavy atom. The summed E-state index contributed by atoms with van der Waals surface area (Å²) in [6.45, 7) is 5.72. The molecule has 1 aliphatic rings. The fourth-order valence-corrected chi connectivity index (χ4v) is 1.32. The van der Waals surface area contributed by atoms with E-state index in [4.69, 9.17) is 12.6 Å². The van der Waals surface area contributed by atoms with Crippen molar-refractivity contribution < 1.29 is 0 Å². The molecule has 3 heteroatoms. The van der Waals surface area contributed by atoms with E-state index in [1.807, 2.05) is 0 Å². The third kappa shape index (κ3) is 2.56. The Morgan fingerprint density at radius 1 is 1.33 bits per heavy atom. The molecule has 0 aromatic heterocycles. The van der Waals surface area contributed by atoms with Crippen LogP contribution in [0.1, 0.15) is 0 Å². The molecule has 2 nitrogen and oxygen atoms in total. The molecule has 0 saturated carbocycles. The van der Waals surface area contributed by atoms with Crippen LogP contribution in [0, 0.1) is 0 Å². The molecular weight excluding hydrogens is 132 g/mol. The van der Waals surface area contributed by atoms with Gasteiger partial charge in [0.05, 0.1) is 0 Å². The minimum absolute atomic E-state index is 0.875. The monoisotopic (exact) mass is 145 g/mol. The second-order valence-corrected chi connectivity index (χ2v) is 2.70. The predicted molar refractivity (Wildman–Crippen MR) is 41.8 cm³/mol. The maximum absolute atomic E-state index is 4.87. The molecule has 0 aliphatic carbocycles. The van der Waals surface area contributed by atoms with Gasteiger partial charge in [0.25, 0.3) is 0 Å². The van der Waals surface area contributed by atoms with Crippen LogP contribution in [0.15, 0.2) is 0 Å². The molecule has 1 radical (unpaired) electrons. The van der Waals surface area contributed by atoms with Crippen LogP contribution in [0.4, 0.5) is 0 Å². The zero-order valence-electron chi connectivity index (χ0n) is 5.60. The highest BCUT2D eigenvalue weighted by molar-refractivity contribution is 7.80. The summed E-state index contributed by atoms with van der Waals surface area (Å²) in [5.74, 6) is 0.875. The van der Waals surface area contributed by atoms with Crippen LogP contribution in [-0.4, -0.2) is 43.4 Å². The third-order valence-corrected chi connectivity index (χ3v) is 1.80. The standard InChI is InChI=1S/C6H13N2S/c9-6-5-8-3-1-7-2-4-8/h7H,1-6H2. The van der Waals surface area contributed by atoms with Gasteiger partial charge >= 0.3 is 0 Å². The van der Waals surface area contributed by atoms with Gasteiger partial charge in [-0.2, -0.15) is 0 Å². The van der Waals surface area contributed by atoms with Crippen molar-refractivity contribution in [3.8, 4) is 0 Å². The lowest BCUT2D eigenvalue weighted by molar-refractivity contribution is 0.255. The molecular formula is C6H13N2S. The van der Waals surface area contributed by atoms with Gasteiger partial charge < -0.3 is 5.32 Å². The molecule has 0 aromatic carbocycles. The first-order valence-electron chi connectivity index (χ1n) is 3.44. The minimum atomic E-state index is 0.875. The number of nitrogens with one attached hydrogen (secondary N) is 1. The Kier molecular flexibility index (Phi) is 3.40. The highest BCUT2D eigenvalue weighted by Gasteiger charge is 2.06. The van der Waals surface area contributed by atoms with Crippen LogP contribution < -0.4 is 5.32 Å². The van der Waals surface area contributed by atoms with Crippen LogP contribution in [0.3, 0.4) is 0 Å². The second-order valence-electron chi connectivity index (χ2n) is 2.30. The first kappa shape index (κ1) is 7.38. The summed E-state index contributed by atoms with van der Waals surface area (Å²) in [7, 11) is 0. The van der Waals surface area contributed by atoms with Gasteiger partial charge in [-0.15, -0.1) is 0 Å². The first-order chi connectivity index (χ1) is 4.43. The molecule has 0 bridgehead atoms. The Bertz CT molecular complexity index is 68.7. The van der Waals surface area contributed by atoms with Gasteiger partial charge in [0, 0.05) is 38.5 Å². The molecule has 1 N–H and O–H groups in total. The average molecular weight is 145 g/mol. The quantitative estimate of drug-likeness (QED) is 0.592. The summed E-state index contributed by atoms with van der Waals surface area (Å²) in [6.07, 6.45) is 0. The van der Waals surface area contributed by atoms with E-state index in [9.17, 15) is 0 Å². The average Bonchev–Trinajstić information content (AvgIpc) is 1.91. The SMILES string of the molecule is [S]CCN1CCNCC1. The number of nitrogens with zero attached hydrogens (tertiary/aromatic N) is 1. The zero-order chi connectivity index (χ0) is 6.53. The fourth-order valence-electron chi connectivity index (χ4n) is 1.06. The maximum atomic E-state index is 4.87. The minimum Gasteiger partial charge on any atom is -0.314 e. The van der Waals surface area contributed by atoms with Gasteiger partial charge in [-0.1, -0.05) is 12.6 Å². The summed E-state index contributed by atoms with van der Waals surface area (Å²) >= 11 is 4.87. The summed E-state index contributed by atoms with van der Waals surface area (Å²) in [5.41, 5.74) is 0. The molecule has 1 aliphatic heterocycles. The lowest BCUT2D eigenvalue weighted by Crippen LogP contribution is -2.44. The number of hydrogen-bond donors (Lipinski definition) is 1. The molecule has 0 spiro atoms. The van der Waals surface area contributed by atoms with Gasteiger partial charge in [0.2, 0.25) is 0 Å². The van der Waals surface area contributed by atoms with Crippen molar-refractivity contribution in [3.05, 3.63) is 0 Å². The molecule has 1 fully saturated rings. The van der Waals surface area contributed by atoms with E-state index >= 15 is 0 Å². The summed E-state index contributed by atoms with van der Waals surface area (Å²) in [6, 6.07) is 0. The second kappa shape index (κ2) is 4.14. The molecule has 1 rings (SSSR count). The number of piperazine rings is 1. The third-order valence-electron chi connectivity index (χ3n) is 1.62. The van der Waals surface area contributed by atoms with Gasteiger partial charge in [-0.05, 0) is 0 Å². The van der Waals surface area contributed by atoms with Crippen LogP contribution in [0.5, 0.6) is 0 Å². The van der Waals surface area contributed by atoms with Crippen molar-refractivity contribution >= 4 is 12.6 Å². The molecule has 1 heterocycles. The molecule has 0 aromatic rings. The smallest absolute Gasteiger partial charge is 0.0165 e. The molecule has 9 heavy (non-hydrogen) atoms. The topological polar surface area (TPSA) is 15.3 Å². The van der Waals surface area contributed by atoms with Gasteiger partial charge in [0.15, 0.2) is 0 Å². The van der Waals surface area contributed by atoms with Crippen molar-refractivity contribution in [3.63, 3.8) is 0 Å². The van der Waals surface area contributed by atoms with Crippen molar-refractivity contribution in [1.29, 1.82) is 0 Å². The van der Waals surface area contributed by atoms with E-state index in [-0.39, 0.29) is 0 Å². The Morgan fingerprint density at radius 2 is 2.00 bits per heavy atom. The van der Waals surface area contributed by atoms with Gasteiger partial charge in [0.1, 0.15) is 0 Å². The first-order valence-corrected chi connectivity index (χ1v) is 4.02. The summed E-state index contributed by atoms with van der Waals surface area (Å²) in [4.78, 5) is 2.41. The molecule has 0 atom stereocenters. The summed E-state index contributed by atoms with van der Waals surface area (Å²) in [5, 5.41) is 3.30. The maximum Gasteiger partial charge on any atom is 0.0165 e. The van der Waals surface area contributed by atoms with Gasteiger partial charge in [-0.3, -0.25) is 4.90 Å². The van der Waals surface area contributed by atoms with Gasteiger partial charge in [-0.25, -0.2) is 0 Å². The highest BCUT2D eigenvalue weighted by atomic mass is 32.1. The van der Waals surface area contributed by atoms with Crippen molar-refractivity contribution in [1.82, 2.24) is 10.2 Å². The largest absolute Gasteiger partial charge is 0.314 e. The zero-order valence-corrected chi connectivity index (χ0v) is 6.41. The number of rotatable bonds is 2. The fraction of sp³-hybridized carbons (Fsp3) is 1.00. The Hall–Kier alpha value is 0.270. The summed E-state index contributed by atoms with van der Waals surface area (Å²) < 4.78 is 0. The van der Waals surface area contributed by atoms with Crippen LogP contribution in [-0.2, 0) is 0 Å². The van der Waals surface area contributed by atoms with Crippen molar-refractivity contribution in [2.45, 2.75) is 0 Å². The number of hydrogen-bond acceptors (Lipinski definition) is 2. The van der Waals surface area contributed by atoms with E-state index in [0.29, 0.717) is 0 Å². The molecule has 53 valence electrons. The highest BCUT2D eigenvalue weighted by Crippen LogP contribution is 1.91. The van der Waals surface area contributed by atoms with E-state index in [1.165, 1.54) is 13.1 Å². The van der Waals surface area contributed by atoms with Crippen LogP contribution in [0.25, 0.3) is 0 Å². The van der Waals surface area contributed by atoms with E-state index in [1.54, 1.807) is 0 Å². The van der Waals surface area contributed by atoms with Crippen LogP contribution >= 0.6 is 12.6 Å². The molecule has 1 saturated heterocycles. The lowest BCUT2D eigenvalue weighted by atomic mass is 10.4.